The smallest absolute Gasteiger partial charge is 0.216 e. The number of amides is 1. The van der Waals surface area contributed by atoms with Gasteiger partial charge < -0.3 is 14.8 Å². The molecule has 2 heterocycles. The second-order valence-corrected chi connectivity index (χ2v) is 4.15. The quantitative estimate of drug-likeness (QED) is 0.711. The van der Waals surface area contributed by atoms with Gasteiger partial charge in [0.05, 0.1) is 0 Å². The molecule has 2 fully saturated rings. The van der Waals surface area contributed by atoms with E-state index < -0.39 is 0 Å². The van der Waals surface area contributed by atoms with Gasteiger partial charge in [0, 0.05) is 40.4 Å². The van der Waals surface area contributed by atoms with Crippen LogP contribution >= 0.6 is 0 Å². The van der Waals surface area contributed by atoms with Gasteiger partial charge in [-0.3, -0.25) is 4.79 Å². The molecule has 0 aliphatic carbocycles. The standard InChI is InChI=1S/2C5H10O.C3H7NO/c2*1-2-4-6-5-3-1;1-3(5)4-2/h2*1-5H2;1-2H3,(H,4,5). The number of carbonyl (C=O) groups excluding carboxylic acids is 1. The fourth-order valence-electron chi connectivity index (χ4n) is 1.37. The molecule has 0 spiro atoms. The Morgan fingerprint density at radius 2 is 1.12 bits per heavy atom. The van der Waals surface area contributed by atoms with Crippen LogP contribution < -0.4 is 5.32 Å². The van der Waals surface area contributed by atoms with E-state index >= 15 is 0 Å². The molecule has 1 amide bonds. The number of hydrogen-bond donors (Lipinski definition) is 1. The summed E-state index contributed by atoms with van der Waals surface area (Å²) in [5.41, 5.74) is 0. The molecule has 2 aliphatic heterocycles. The van der Waals surface area contributed by atoms with E-state index in [-0.39, 0.29) is 5.91 Å². The van der Waals surface area contributed by atoms with Crippen molar-refractivity contribution in [3.05, 3.63) is 0 Å². The van der Waals surface area contributed by atoms with Crippen LogP contribution in [0.25, 0.3) is 0 Å². The normalized spacial score (nSPS) is 18.9. The van der Waals surface area contributed by atoms with Crippen molar-refractivity contribution in [2.45, 2.75) is 45.4 Å². The Kier molecular flexibility index (Phi) is 13.0. The average Bonchev–Trinajstić information content (AvgIpc) is 2.44. The minimum absolute atomic E-state index is 0.00463. The van der Waals surface area contributed by atoms with Crippen LogP contribution in [-0.4, -0.2) is 39.4 Å². The first-order valence-corrected chi connectivity index (χ1v) is 6.61. The van der Waals surface area contributed by atoms with Gasteiger partial charge in [0.15, 0.2) is 0 Å². The lowest BCUT2D eigenvalue weighted by atomic mass is 10.2. The summed E-state index contributed by atoms with van der Waals surface area (Å²) in [5, 5.41) is 2.39. The van der Waals surface area contributed by atoms with Crippen molar-refractivity contribution >= 4 is 5.91 Å². The van der Waals surface area contributed by atoms with Crippen molar-refractivity contribution in [3.8, 4) is 0 Å². The maximum Gasteiger partial charge on any atom is 0.216 e. The Morgan fingerprint density at radius 1 is 0.824 bits per heavy atom. The van der Waals surface area contributed by atoms with Crippen LogP contribution in [-0.2, 0) is 14.3 Å². The van der Waals surface area contributed by atoms with Gasteiger partial charge in [-0.05, 0) is 38.5 Å². The number of nitrogens with one attached hydrogen (secondary N) is 1. The summed E-state index contributed by atoms with van der Waals surface area (Å²) in [6.45, 7) is 5.47. The molecule has 17 heavy (non-hydrogen) atoms. The van der Waals surface area contributed by atoms with E-state index in [9.17, 15) is 4.79 Å². The SMILES string of the molecule is C1CCOCC1.C1CCOCC1.CNC(C)=O. The van der Waals surface area contributed by atoms with Gasteiger partial charge in [0.1, 0.15) is 0 Å². The van der Waals surface area contributed by atoms with Gasteiger partial charge in [0.25, 0.3) is 0 Å². The van der Waals surface area contributed by atoms with Crippen molar-refractivity contribution in [2.75, 3.05) is 33.5 Å². The lowest BCUT2D eigenvalue weighted by molar-refractivity contribution is -0.118. The summed E-state index contributed by atoms with van der Waals surface area (Å²) in [6, 6.07) is 0. The predicted octanol–water partition coefficient (Wildman–Crippen LogP) is 2.13. The van der Waals surface area contributed by atoms with Crippen molar-refractivity contribution in [3.63, 3.8) is 0 Å². The Balaban J connectivity index is 0.000000228. The number of hydrogen-bond acceptors (Lipinski definition) is 3. The highest BCUT2D eigenvalue weighted by Crippen LogP contribution is 2.02. The maximum absolute atomic E-state index is 9.70. The van der Waals surface area contributed by atoms with Crippen molar-refractivity contribution in [1.82, 2.24) is 5.32 Å². The fraction of sp³-hybridized carbons (Fsp3) is 0.923. The first kappa shape index (κ1) is 16.4. The summed E-state index contributed by atoms with van der Waals surface area (Å²) >= 11 is 0. The van der Waals surface area contributed by atoms with E-state index in [1.54, 1.807) is 7.05 Å². The highest BCUT2D eigenvalue weighted by Gasteiger charge is 1.95. The third-order valence-electron chi connectivity index (χ3n) is 2.51. The minimum atomic E-state index is 0.00463. The zero-order chi connectivity index (χ0) is 12.8. The van der Waals surface area contributed by atoms with Crippen LogP contribution in [0.2, 0.25) is 0 Å². The first-order chi connectivity index (χ1) is 8.27. The molecular weight excluding hydrogens is 218 g/mol. The molecule has 0 bridgehead atoms. The number of ether oxygens (including phenoxy) is 2. The summed E-state index contributed by atoms with van der Waals surface area (Å²) in [6.07, 6.45) is 7.86. The van der Waals surface area contributed by atoms with E-state index in [1.165, 1.54) is 45.4 Å². The average molecular weight is 245 g/mol. The molecule has 2 aliphatic rings. The highest BCUT2D eigenvalue weighted by atomic mass is 16.5. The summed E-state index contributed by atoms with van der Waals surface area (Å²) in [4.78, 5) is 9.70. The van der Waals surface area contributed by atoms with Crippen LogP contribution in [0.3, 0.4) is 0 Å². The lowest BCUT2D eigenvalue weighted by Gasteiger charge is -2.08. The number of carbonyl (C=O) groups is 1. The van der Waals surface area contributed by atoms with Crippen LogP contribution in [0.5, 0.6) is 0 Å². The molecule has 1 N–H and O–H groups in total. The third-order valence-corrected chi connectivity index (χ3v) is 2.51. The van der Waals surface area contributed by atoms with Gasteiger partial charge in [-0.15, -0.1) is 0 Å². The van der Waals surface area contributed by atoms with Gasteiger partial charge in [-0.1, -0.05) is 0 Å². The topological polar surface area (TPSA) is 47.6 Å². The molecule has 4 heteroatoms. The lowest BCUT2D eigenvalue weighted by Crippen LogP contribution is -2.11. The van der Waals surface area contributed by atoms with Crippen molar-refractivity contribution in [1.29, 1.82) is 0 Å². The molecular formula is C13H27NO3. The predicted molar refractivity (Wildman–Crippen MR) is 69.1 cm³/mol. The fourth-order valence-corrected chi connectivity index (χ4v) is 1.37. The zero-order valence-corrected chi connectivity index (χ0v) is 11.3. The van der Waals surface area contributed by atoms with Gasteiger partial charge in [-0.25, -0.2) is 0 Å². The molecule has 4 nitrogen and oxygen atoms in total. The first-order valence-electron chi connectivity index (χ1n) is 6.61. The third kappa shape index (κ3) is 15.4. The van der Waals surface area contributed by atoms with Gasteiger partial charge in [0.2, 0.25) is 5.91 Å². The summed E-state index contributed by atoms with van der Waals surface area (Å²) < 4.78 is 10.1. The van der Waals surface area contributed by atoms with E-state index in [0.717, 1.165) is 26.4 Å². The molecule has 0 radical (unpaired) electrons. The number of rotatable bonds is 0. The minimum Gasteiger partial charge on any atom is -0.381 e. The monoisotopic (exact) mass is 245 g/mol. The van der Waals surface area contributed by atoms with Crippen LogP contribution in [0.1, 0.15) is 45.4 Å². The zero-order valence-electron chi connectivity index (χ0n) is 11.3. The van der Waals surface area contributed by atoms with Crippen LogP contribution in [0.4, 0.5) is 0 Å². The van der Waals surface area contributed by atoms with Crippen molar-refractivity contribution < 1.29 is 14.3 Å². The maximum atomic E-state index is 9.70. The van der Waals surface area contributed by atoms with E-state index in [1.807, 2.05) is 0 Å². The molecule has 0 unspecified atom stereocenters. The molecule has 0 aromatic rings. The highest BCUT2D eigenvalue weighted by molar-refractivity contribution is 5.72. The Labute approximate surface area is 105 Å². The second kappa shape index (κ2) is 13.5. The largest absolute Gasteiger partial charge is 0.381 e. The summed E-state index contributed by atoms with van der Waals surface area (Å²) in [5.74, 6) is 0.00463. The van der Waals surface area contributed by atoms with E-state index in [4.69, 9.17) is 9.47 Å². The molecule has 0 aromatic carbocycles. The second-order valence-electron chi connectivity index (χ2n) is 4.15. The van der Waals surface area contributed by atoms with Crippen molar-refractivity contribution in [2.24, 2.45) is 0 Å². The van der Waals surface area contributed by atoms with Gasteiger partial charge in [-0.2, -0.15) is 0 Å². The molecule has 2 saturated heterocycles. The molecule has 2 rings (SSSR count). The Hall–Kier alpha value is -0.610. The Morgan fingerprint density at radius 3 is 1.18 bits per heavy atom. The summed E-state index contributed by atoms with van der Waals surface area (Å²) in [7, 11) is 1.60. The van der Waals surface area contributed by atoms with Crippen LogP contribution in [0, 0.1) is 0 Å². The molecule has 0 aromatic heterocycles. The molecule has 102 valence electrons. The van der Waals surface area contributed by atoms with Gasteiger partial charge >= 0.3 is 0 Å². The van der Waals surface area contributed by atoms with Crippen LogP contribution in [0.15, 0.2) is 0 Å². The molecule has 0 saturated carbocycles. The van der Waals surface area contributed by atoms with E-state index in [0.29, 0.717) is 0 Å². The Bertz CT molecular complexity index is 131. The molecule has 0 atom stereocenters. The van der Waals surface area contributed by atoms with E-state index in [2.05, 4.69) is 5.32 Å².